The monoisotopic (exact) mass is 229 g/mol. The topological polar surface area (TPSA) is 31.1 Å². The van der Waals surface area contributed by atoms with Crippen LogP contribution >= 0.6 is 0 Å². The van der Waals surface area contributed by atoms with Gasteiger partial charge in [-0.3, -0.25) is 4.90 Å². The molecule has 0 amide bonds. The number of nitrogens with zero attached hydrogens (tertiary/aromatic N) is 1. The van der Waals surface area contributed by atoms with E-state index < -0.39 is 0 Å². The fourth-order valence-corrected chi connectivity index (χ4v) is 2.61. The first-order chi connectivity index (χ1) is 8.34. The minimum atomic E-state index is 0.504. The SMILES string of the molecule is C[C@H](c1ccc2cc[nH]c2c1)N1CCNCC1. The quantitative estimate of drug-likeness (QED) is 0.826. The number of piperazine rings is 1. The molecule has 3 heteroatoms. The van der Waals surface area contributed by atoms with Crippen molar-refractivity contribution in [3.05, 3.63) is 36.0 Å². The Labute approximate surface area is 102 Å². The Kier molecular flexibility index (Phi) is 2.87. The van der Waals surface area contributed by atoms with E-state index >= 15 is 0 Å². The van der Waals surface area contributed by atoms with Crippen LogP contribution in [0.2, 0.25) is 0 Å². The number of aromatic nitrogens is 1. The van der Waals surface area contributed by atoms with Crippen molar-refractivity contribution in [3.8, 4) is 0 Å². The maximum atomic E-state index is 3.40. The molecule has 1 aromatic carbocycles. The van der Waals surface area contributed by atoms with E-state index in [2.05, 4.69) is 46.4 Å². The molecule has 2 aromatic rings. The molecule has 0 spiro atoms. The number of hydrogen-bond acceptors (Lipinski definition) is 2. The van der Waals surface area contributed by atoms with Gasteiger partial charge in [0.2, 0.25) is 0 Å². The summed E-state index contributed by atoms with van der Waals surface area (Å²) in [6.45, 7) is 6.80. The van der Waals surface area contributed by atoms with Gasteiger partial charge in [0.15, 0.2) is 0 Å². The maximum Gasteiger partial charge on any atom is 0.0457 e. The highest BCUT2D eigenvalue weighted by atomic mass is 15.2. The number of nitrogens with one attached hydrogen (secondary N) is 2. The average molecular weight is 229 g/mol. The van der Waals surface area contributed by atoms with Crippen molar-refractivity contribution in [3.63, 3.8) is 0 Å². The summed E-state index contributed by atoms with van der Waals surface area (Å²) < 4.78 is 0. The van der Waals surface area contributed by atoms with Gasteiger partial charge in [0, 0.05) is 43.9 Å². The van der Waals surface area contributed by atoms with Crippen LogP contribution in [0.5, 0.6) is 0 Å². The molecule has 0 aliphatic carbocycles. The van der Waals surface area contributed by atoms with Crippen LogP contribution in [0.25, 0.3) is 10.9 Å². The first-order valence-corrected chi connectivity index (χ1v) is 6.36. The predicted molar refractivity (Wildman–Crippen MR) is 71.2 cm³/mol. The molecule has 3 rings (SSSR count). The van der Waals surface area contributed by atoms with Gasteiger partial charge in [0.25, 0.3) is 0 Å². The molecule has 0 unspecified atom stereocenters. The lowest BCUT2D eigenvalue weighted by molar-refractivity contribution is 0.185. The molecule has 1 fully saturated rings. The lowest BCUT2D eigenvalue weighted by Crippen LogP contribution is -2.44. The van der Waals surface area contributed by atoms with Gasteiger partial charge in [-0.1, -0.05) is 12.1 Å². The van der Waals surface area contributed by atoms with E-state index in [1.54, 1.807) is 0 Å². The van der Waals surface area contributed by atoms with Crippen LogP contribution in [-0.4, -0.2) is 36.1 Å². The number of fused-ring (bicyclic) bond motifs is 1. The van der Waals surface area contributed by atoms with Gasteiger partial charge in [-0.15, -0.1) is 0 Å². The minimum absolute atomic E-state index is 0.504. The number of rotatable bonds is 2. The van der Waals surface area contributed by atoms with Crippen LogP contribution in [0.4, 0.5) is 0 Å². The molecule has 1 aliphatic heterocycles. The van der Waals surface area contributed by atoms with E-state index in [0.29, 0.717) is 6.04 Å². The average Bonchev–Trinajstić information content (AvgIpc) is 2.86. The molecule has 3 nitrogen and oxygen atoms in total. The van der Waals surface area contributed by atoms with Crippen molar-refractivity contribution >= 4 is 10.9 Å². The van der Waals surface area contributed by atoms with E-state index in [0.717, 1.165) is 26.2 Å². The molecule has 90 valence electrons. The van der Waals surface area contributed by atoms with Crippen LogP contribution in [0.3, 0.4) is 0 Å². The first kappa shape index (κ1) is 10.8. The Hall–Kier alpha value is -1.32. The second kappa shape index (κ2) is 4.51. The van der Waals surface area contributed by atoms with Crippen LogP contribution in [0.1, 0.15) is 18.5 Å². The van der Waals surface area contributed by atoms with Crippen LogP contribution in [-0.2, 0) is 0 Å². The summed E-state index contributed by atoms with van der Waals surface area (Å²) in [5.74, 6) is 0. The third kappa shape index (κ3) is 2.08. The molecule has 1 atom stereocenters. The Bertz CT molecular complexity index is 497. The molecule has 0 bridgehead atoms. The first-order valence-electron chi connectivity index (χ1n) is 6.36. The molecule has 17 heavy (non-hydrogen) atoms. The minimum Gasteiger partial charge on any atom is -0.361 e. The lowest BCUT2D eigenvalue weighted by Gasteiger charge is -2.33. The molecule has 1 aromatic heterocycles. The van der Waals surface area contributed by atoms with Gasteiger partial charge in [-0.25, -0.2) is 0 Å². The normalized spacial score (nSPS) is 19.6. The summed E-state index contributed by atoms with van der Waals surface area (Å²) in [4.78, 5) is 5.83. The van der Waals surface area contributed by atoms with E-state index in [1.807, 2.05) is 6.20 Å². The van der Waals surface area contributed by atoms with Crippen LogP contribution in [0, 0.1) is 0 Å². The van der Waals surface area contributed by atoms with Crippen molar-refractivity contribution in [2.45, 2.75) is 13.0 Å². The lowest BCUT2D eigenvalue weighted by atomic mass is 10.0. The van der Waals surface area contributed by atoms with E-state index in [9.17, 15) is 0 Å². The summed E-state index contributed by atoms with van der Waals surface area (Å²) in [6, 6.07) is 9.36. The third-order valence-corrected chi connectivity index (χ3v) is 3.76. The molecular weight excluding hydrogens is 210 g/mol. The summed E-state index contributed by atoms with van der Waals surface area (Å²) in [7, 11) is 0. The molecule has 1 aliphatic rings. The Morgan fingerprint density at radius 2 is 2.00 bits per heavy atom. The van der Waals surface area contributed by atoms with Gasteiger partial charge in [0.1, 0.15) is 0 Å². The predicted octanol–water partition coefficient (Wildman–Crippen LogP) is 2.13. The summed E-state index contributed by atoms with van der Waals surface area (Å²) >= 11 is 0. The summed E-state index contributed by atoms with van der Waals surface area (Å²) in [5.41, 5.74) is 2.64. The van der Waals surface area contributed by atoms with Crippen molar-refractivity contribution in [2.75, 3.05) is 26.2 Å². The molecule has 2 heterocycles. The molecule has 0 saturated carbocycles. The van der Waals surface area contributed by atoms with Gasteiger partial charge in [-0.05, 0) is 30.0 Å². The van der Waals surface area contributed by atoms with Gasteiger partial charge in [-0.2, -0.15) is 0 Å². The van der Waals surface area contributed by atoms with Gasteiger partial charge < -0.3 is 10.3 Å². The molecular formula is C14H19N3. The number of hydrogen-bond donors (Lipinski definition) is 2. The van der Waals surface area contributed by atoms with Crippen molar-refractivity contribution in [1.82, 2.24) is 15.2 Å². The molecule has 0 radical (unpaired) electrons. The zero-order chi connectivity index (χ0) is 11.7. The summed E-state index contributed by atoms with van der Waals surface area (Å²) in [6.07, 6.45) is 2.00. The van der Waals surface area contributed by atoms with Crippen LogP contribution in [0.15, 0.2) is 30.5 Å². The number of aromatic amines is 1. The maximum absolute atomic E-state index is 3.40. The van der Waals surface area contributed by atoms with E-state index in [1.165, 1.54) is 16.5 Å². The smallest absolute Gasteiger partial charge is 0.0457 e. The highest BCUT2D eigenvalue weighted by Gasteiger charge is 2.17. The van der Waals surface area contributed by atoms with Crippen molar-refractivity contribution < 1.29 is 0 Å². The van der Waals surface area contributed by atoms with Crippen LogP contribution < -0.4 is 5.32 Å². The summed E-state index contributed by atoms with van der Waals surface area (Å²) in [5, 5.41) is 4.69. The number of benzene rings is 1. The van der Waals surface area contributed by atoms with E-state index in [-0.39, 0.29) is 0 Å². The second-order valence-electron chi connectivity index (χ2n) is 4.79. The zero-order valence-corrected chi connectivity index (χ0v) is 10.2. The second-order valence-corrected chi connectivity index (χ2v) is 4.79. The fourth-order valence-electron chi connectivity index (χ4n) is 2.61. The highest BCUT2D eigenvalue weighted by Crippen LogP contribution is 2.23. The number of H-pyrrole nitrogens is 1. The molecule has 2 N–H and O–H groups in total. The fraction of sp³-hybridized carbons (Fsp3) is 0.429. The highest BCUT2D eigenvalue weighted by molar-refractivity contribution is 5.79. The molecule has 1 saturated heterocycles. The van der Waals surface area contributed by atoms with Gasteiger partial charge in [0.05, 0.1) is 0 Å². The Balaban J connectivity index is 1.86. The Morgan fingerprint density at radius 1 is 1.18 bits per heavy atom. The van der Waals surface area contributed by atoms with Crippen molar-refractivity contribution in [2.24, 2.45) is 0 Å². The third-order valence-electron chi connectivity index (χ3n) is 3.76. The Morgan fingerprint density at radius 3 is 2.82 bits per heavy atom. The zero-order valence-electron chi connectivity index (χ0n) is 10.2. The van der Waals surface area contributed by atoms with Gasteiger partial charge >= 0.3 is 0 Å². The van der Waals surface area contributed by atoms with E-state index in [4.69, 9.17) is 0 Å². The standard InChI is InChI=1S/C14H19N3/c1-11(17-8-6-15-7-9-17)13-3-2-12-4-5-16-14(12)10-13/h2-5,10-11,15-16H,6-9H2,1H3/t11-/m1/s1. The largest absolute Gasteiger partial charge is 0.361 e. The van der Waals surface area contributed by atoms with Crippen molar-refractivity contribution in [1.29, 1.82) is 0 Å².